The molecule has 0 aliphatic heterocycles. The minimum absolute atomic E-state index is 0.0191. The SMILES string of the molecule is CC(C)c1nnc(SCC(=O)Nc2cc(C(F)(F)F)cc(C(F)(F)F)c2)n1N. The molecular formula is C15H15F6N5OS. The Kier molecular flexibility index (Phi) is 6.16. The maximum Gasteiger partial charge on any atom is 0.416 e. The Morgan fingerprint density at radius 2 is 1.64 bits per heavy atom. The molecule has 13 heteroatoms. The lowest BCUT2D eigenvalue weighted by Crippen LogP contribution is -2.18. The van der Waals surface area contributed by atoms with Gasteiger partial charge in [-0.25, -0.2) is 4.68 Å². The summed E-state index contributed by atoms with van der Waals surface area (Å²) in [6.45, 7) is 3.64. The zero-order valence-corrected chi connectivity index (χ0v) is 15.3. The van der Waals surface area contributed by atoms with E-state index in [0.717, 1.165) is 16.4 Å². The number of rotatable bonds is 5. The number of hydrogen-bond acceptors (Lipinski definition) is 5. The number of amides is 1. The van der Waals surface area contributed by atoms with Crippen LogP contribution in [-0.4, -0.2) is 26.5 Å². The van der Waals surface area contributed by atoms with Crippen LogP contribution >= 0.6 is 11.8 Å². The molecule has 2 rings (SSSR count). The molecule has 0 saturated carbocycles. The number of benzene rings is 1. The molecule has 0 fully saturated rings. The van der Waals surface area contributed by atoms with Gasteiger partial charge in [-0.1, -0.05) is 25.6 Å². The van der Waals surface area contributed by atoms with Crippen LogP contribution in [0.1, 0.15) is 36.7 Å². The summed E-state index contributed by atoms with van der Waals surface area (Å²) in [7, 11) is 0. The summed E-state index contributed by atoms with van der Waals surface area (Å²) in [5.41, 5.74) is -3.66. The highest BCUT2D eigenvalue weighted by Gasteiger charge is 2.37. The maximum atomic E-state index is 12.8. The molecule has 1 aromatic heterocycles. The van der Waals surface area contributed by atoms with E-state index in [-0.39, 0.29) is 22.9 Å². The highest BCUT2D eigenvalue weighted by molar-refractivity contribution is 7.99. The number of aromatic nitrogens is 3. The smallest absolute Gasteiger partial charge is 0.336 e. The minimum Gasteiger partial charge on any atom is -0.336 e. The Labute approximate surface area is 159 Å². The van der Waals surface area contributed by atoms with Crippen LogP contribution < -0.4 is 11.2 Å². The Morgan fingerprint density at radius 3 is 2.07 bits per heavy atom. The number of nitrogens with zero attached hydrogens (tertiary/aromatic N) is 3. The van der Waals surface area contributed by atoms with Gasteiger partial charge in [-0.05, 0) is 18.2 Å². The molecule has 0 spiro atoms. The number of alkyl halides is 6. The summed E-state index contributed by atoms with van der Waals surface area (Å²) in [5, 5.41) is 9.83. The van der Waals surface area contributed by atoms with Gasteiger partial charge in [0.2, 0.25) is 11.1 Å². The molecule has 154 valence electrons. The number of anilines is 1. The molecule has 1 amide bonds. The molecule has 28 heavy (non-hydrogen) atoms. The van der Waals surface area contributed by atoms with Crippen molar-refractivity contribution in [3.05, 3.63) is 35.2 Å². The number of nitrogens with two attached hydrogens (primary N) is 1. The molecule has 6 nitrogen and oxygen atoms in total. The van der Waals surface area contributed by atoms with Gasteiger partial charge in [0.05, 0.1) is 16.9 Å². The lowest BCUT2D eigenvalue weighted by molar-refractivity contribution is -0.143. The van der Waals surface area contributed by atoms with Crippen LogP contribution in [0.2, 0.25) is 0 Å². The Bertz CT molecular complexity index is 829. The number of nitrogen functional groups attached to an aromatic ring is 1. The topological polar surface area (TPSA) is 85.8 Å². The normalized spacial score (nSPS) is 12.5. The first-order chi connectivity index (χ1) is 12.8. The number of carbonyl (C=O) groups excluding carboxylic acids is 1. The summed E-state index contributed by atoms with van der Waals surface area (Å²) in [5.74, 6) is 5.02. The quantitative estimate of drug-likeness (QED) is 0.430. The van der Waals surface area contributed by atoms with E-state index in [2.05, 4.69) is 10.2 Å². The van der Waals surface area contributed by atoms with Crippen LogP contribution in [0.4, 0.5) is 32.0 Å². The van der Waals surface area contributed by atoms with Crippen molar-refractivity contribution >= 4 is 23.4 Å². The third kappa shape index (κ3) is 5.30. The van der Waals surface area contributed by atoms with Crippen molar-refractivity contribution in [1.29, 1.82) is 0 Å². The Hall–Kier alpha value is -2.44. The van der Waals surface area contributed by atoms with Gasteiger partial charge in [0.15, 0.2) is 5.82 Å². The van der Waals surface area contributed by atoms with Gasteiger partial charge in [-0.3, -0.25) is 4.79 Å². The highest BCUT2D eigenvalue weighted by Crippen LogP contribution is 2.37. The minimum atomic E-state index is -5.00. The molecule has 0 unspecified atom stereocenters. The summed E-state index contributed by atoms with van der Waals surface area (Å²) < 4.78 is 78.2. The van der Waals surface area contributed by atoms with Crippen LogP contribution in [0.25, 0.3) is 0 Å². The van der Waals surface area contributed by atoms with Crippen LogP contribution in [-0.2, 0) is 17.1 Å². The molecule has 3 N–H and O–H groups in total. The molecule has 0 bridgehead atoms. The van der Waals surface area contributed by atoms with Crippen LogP contribution in [0.5, 0.6) is 0 Å². The molecule has 2 aromatic rings. The van der Waals surface area contributed by atoms with E-state index in [9.17, 15) is 31.1 Å². The van der Waals surface area contributed by atoms with Crippen molar-refractivity contribution < 1.29 is 31.1 Å². The first kappa shape index (κ1) is 21.9. The monoisotopic (exact) mass is 427 g/mol. The Balaban J connectivity index is 2.15. The van der Waals surface area contributed by atoms with E-state index in [1.54, 1.807) is 0 Å². The largest absolute Gasteiger partial charge is 0.416 e. The second-order valence-electron chi connectivity index (χ2n) is 6.00. The molecule has 1 aromatic carbocycles. The summed E-state index contributed by atoms with van der Waals surface area (Å²) >= 11 is 0.840. The molecule has 0 aliphatic rings. The number of thioether (sulfide) groups is 1. The van der Waals surface area contributed by atoms with Crippen molar-refractivity contribution in [3.8, 4) is 0 Å². The average Bonchev–Trinajstić information content (AvgIpc) is 2.92. The van der Waals surface area contributed by atoms with E-state index in [0.29, 0.717) is 18.0 Å². The summed E-state index contributed by atoms with van der Waals surface area (Å²) in [6.07, 6.45) is -10.0. The van der Waals surface area contributed by atoms with Crippen LogP contribution in [0.3, 0.4) is 0 Å². The van der Waals surface area contributed by atoms with Crippen molar-refractivity contribution in [2.24, 2.45) is 0 Å². The third-order valence-electron chi connectivity index (χ3n) is 3.41. The van der Waals surface area contributed by atoms with Gasteiger partial charge in [-0.15, -0.1) is 10.2 Å². The molecule has 0 radical (unpaired) electrons. The second-order valence-corrected chi connectivity index (χ2v) is 6.94. The fraction of sp³-hybridized carbons (Fsp3) is 0.400. The number of halogens is 6. The van der Waals surface area contributed by atoms with Gasteiger partial charge in [-0.2, -0.15) is 26.3 Å². The average molecular weight is 427 g/mol. The standard InChI is InChI=1S/C15H15F6N5OS/c1-7(2)12-24-25-13(26(12)22)28-6-11(27)23-10-4-8(14(16,17)18)3-9(5-10)15(19,20)21/h3-5,7H,6,22H2,1-2H3,(H,23,27). The van der Waals surface area contributed by atoms with Crippen LogP contribution in [0, 0.1) is 0 Å². The van der Waals surface area contributed by atoms with Gasteiger partial charge in [0, 0.05) is 11.6 Å². The molecule has 0 atom stereocenters. The molecule has 0 aliphatic carbocycles. The lowest BCUT2D eigenvalue weighted by atomic mass is 10.1. The predicted octanol–water partition coefficient (Wildman–Crippen LogP) is 3.88. The fourth-order valence-corrected chi connectivity index (χ4v) is 2.80. The third-order valence-corrected chi connectivity index (χ3v) is 4.35. The summed E-state index contributed by atoms with van der Waals surface area (Å²) in [6, 6.07) is 0.842. The van der Waals surface area contributed by atoms with E-state index in [1.165, 1.54) is 0 Å². The zero-order valence-electron chi connectivity index (χ0n) is 14.5. The zero-order chi connectivity index (χ0) is 21.3. The fourth-order valence-electron chi connectivity index (χ4n) is 2.13. The predicted molar refractivity (Wildman–Crippen MR) is 90.1 cm³/mol. The van der Waals surface area contributed by atoms with Crippen molar-refractivity contribution in [1.82, 2.24) is 14.9 Å². The highest BCUT2D eigenvalue weighted by atomic mass is 32.2. The van der Waals surface area contributed by atoms with Crippen molar-refractivity contribution in [2.45, 2.75) is 37.3 Å². The van der Waals surface area contributed by atoms with Crippen molar-refractivity contribution in [3.63, 3.8) is 0 Å². The van der Waals surface area contributed by atoms with E-state index in [4.69, 9.17) is 5.84 Å². The number of hydrogen-bond donors (Lipinski definition) is 2. The number of nitrogens with one attached hydrogen (secondary N) is 1. The van der Waals surface area contributed by atoms with Gasteiger partial charge in [0.1, 0.15) is 0 Å². The Morgan fingerprint density at radius 1 is 1.11 bits per heavy atom. The van der Waals surface area contributed by atoms with Gasteiger partial charge >= 0.3 is 12.4 Å². The molecule has 0 saturated heterocycles. The molecule has 1 heterocycles. The van der Waals surface area contributed by atoms with Gasteiger partial charge < -0.3 is 11.2 Å². The maximum absolute atomic E-state index is 12.8. The van der Waals surface area contributed by atoms with Crippen LogP contribution in [0.15, 0.2) is 23.4 Å². The first-order valence-corrected chi connectivity index (χ1v) is 8.70. The van der Waals surface area contributed by atoms with E-state index >= 15 is 0 Å². The summed E-state index contributed by atoms with van der Waals surface area (Å²) in [4.78, 5) is 12.0. The van der Waals surface area contributed by atoms with Gasteiger partial charge in [0.25, 0.3) is 0 Å². The van der Waals surface area contributed by atoms with E-state index in [1.807, 2.05) is 19.2 Å². The van der Waals surface area contributed by atoms with E-state index < -0.39 is 35.1 Å². The van der Waals surface area contributed by atoms with Crippen molar-refractivity contribution in [2.75, 3.05) is 16.9 Å². The second kappa shape index (κ2) is 7.89. The first-order valence-electron chi connectivity index (χ1n) is 7.71. The lowest BCUT2D eigenvalue weighted by Gasteiger charge is -2.14. The molecular weight excluding hydrogens is 412 g/mol. The number of carbonyl (C=O) groups is 1.